The molecule has 1 aliphatic heterocycles. The van der Waals surface area contributed by atoms with Crippen molar-refractivity contribution in [2.45, 2.75) is 12.6 Å². The van der Waals surface area contributed by atoms with Crippen LogP contribution >= 0.6 is 12.4 Å². The number of amides is 1. The second-order valence-corrected chi connectivity index (χ2v) is 5.25. The summed E-state index contributed by atoms with van der Waals surface area (Å²) in [4.78, 5) is 23.8. The number of benzene rings is 1. The van der Waals surface area contributed by atoms with Gasteiger partial charge in [0.25, 0.3) is 5.56 Å². The molecule has 0 saturated heterocycles. The van der Waals surface area contributed by atoms with E-state index in [1.807, 2.05) is 42.5 Å². The van der Waals surface area contributed by atoms with Crippen LogP contribution in [0.15, 0.2) is 59.4 Å². The van der Waals surface area contributed by atoms with Gasteiger partial charge in [0.2, 0.25) is 5.91 Å². The van der Waals surface area contributed by atoms with E-state index in [4.69, 9.17) is 0 Å². The number of nitrogens with one attached hydrogen (secondary N) is 2. The first-order valence-corrected chi connectivity index (χ1v) is 7.55. The second kappa shape index (κ2) is 8.42. The molecule has 7 heteroatoms. The van der Waals surface area contributed by atoms with Crippen LogP contribution in [0.5, 0.6) is 0 Å². The Morgan fingerprint density at radius 3 is 2.75 bits per heavy atom. The first kappa shape index (κ1) is 17.9. The van der Waals surface area contributed by atoms with Gasteiger partial charge < -0.3 is 5.32 Å². The van der Waals surface area contributed by atoms with Crippen LogP contribution < -0.4 is 16.2 Å². The lowest BCUT2D eigenvalue weighted by Crippen LogP contribution is -2.42. The molecule has 0 saturated carbocycles. The zero-order chi connectivity index (χ0) is 16.1. The van der Waals surface area contributed by atoms with Crippen LogP contribution in [0.4, 0.5) is 0 Å². The monoisotopic (exact) mass is 346 g/mol. The number of hydrogen-bond acceptors (Lipinski definition) is 4. The maximum absolute atomic E-state index is 11.9. The topological polar surface area (TPSA) is 76.0 Å². The maximum Gasteiger partial charge on any atom is 0.266 e. The Morgan fingerprint density at radius 2 is 2.04 bits per heavy atom. The minimum absolute atomic E-state index is 0. The fraction of sp³-hybridized carbons (Fsp3) is 0.235. The molecule has 1 unspecified atom stereocenters. The van der Waals surface area contributed by atoms with Crippen molar-refractivity contribution in [1.82, 2.24) is 20.4 Å². The summed E-state index contributed by atoms with van der Waals surface area (Å²) in [5, 5.41) is 10.2. The van der Waals surface area contributed by atoms with Gasteiger partial charge in [0.05, 0.1) is 12.2 Å². The van der Waals surface area contributed by atoms with Crippen LogP contribution in [0.1, 0.15) is 0 Å². The fourth-order valence-electron chi connectivity index (χ4n) is 2.41. The molecule has 24 heavy (non-hydrogen) atoms. The summed E-state index contributed by atoms with van der Waals surface area (Å²) in [6, 6.07) is 12.6. The quantitative estimate of drug-likeness (QED) is 0.791. The minimum atomic E-state index is -0.282. The zero-order valence-corrected chi connectivity index (χ0v) is 13.8. The van der Waals surface area contributed by atoms with Crippen molar-refractivity contribution in [2.24, 2.45) is 0 Å². The van der Waals surface area contributed by atoms with E-state index in [0.717, 1.165) is 11.3 Å². The van der Waals surface area contributed by atoms with Gasteiger partial charge in [0, 0.05) is 24.7 Å². The molecule has 1 aromatic heterocycles. The summed E-state index contributed by atoms with van der Waals surface area (Å²) in [6.45, 7) is 1.40. The summed E-state index contributed by atoms with van der Waals surface area (Å²) in [5.41, 5.74) is 1.50. The second-order valence-electron chi connectivity index (χ2n) is 5.25. The highest BCUT2D eigenvalue weighted by molar-refractivity contribution is 5.85. The van der Waals surface area contributed by atoms with Crippen molar-refractivity contribution in [3.8, 4) is 11.3 Å². The molecule has 126 valence electrons. The normalized spacial score (nSPS) is 15.8. The van der Waals surface area contributed by atoms with E-state index in [-0.39, 0.29) is 29.9 Å². The molecule has 2 heterocycles. The number of carbonyl (C=O) groups is 1. The molecule has 3 rings (SSSR count). The standard InChI is InChI=1S/C17H18N4O2.ClH/c22-16-9-8-14(13-5-2-1-3-6-13)20-21(16)12-11-19-17(23)15-7-4-10-18-15;/h1-9,15,18H,10-12H2,(H,19,23);1H. The van der Waals surface area contributed by atoms with E-state index in [1.54, 1.807) is 6.07 Å². The smallest absolute Gasteiger partial charge is 0.266 e. The molecule has 1 aromatic carbocycles. The summed E-state index contributed by atoms with van der Waals surface area (Å²) < 4.78 is 1.38. The van der Waals surface area contributed by atoms with E-state index in [2.05, 4.69) is 15.7 Å². The Kier molecular flexibility index (Phi) is 6.28. The largest absolute Gasteiger partial charge is 0.353 e. The van der Waals surface area contributed by atoms with E-state index in [0.29, 0.717) is 19.6 Å². The molecule has 0 radical (unpaired) electrons. The van der Waals surface area contributed by atoms with Gasteiger partial charge in [-0.2, -0.15) is 5.10 Å². The van der Waals surface area contributed by atoms with Crippen molar-refractivity contribution in [2.75, 3.05) is 13.1 Å². The van der Waals surface area contributed by atoms with E-state index in [1.165, 1.54) is 10.7 Å². The van der Waals surface area contributed by atoms with Gasteiger partial charge in [0.15, 0.2) is 0 Å². The molecule has 6 nitrogen and oxygen atoms in total. The van der Waals surface area contributed by atoms with Crippen molar-refractivity contribution >= 4 is 18.3 Å². The molecule has 1 aliphatic rings. The molecule has 2 aromatic rings. The molecule has 1 amide bonds. The lowest BCUT2D eigenvalue weighted by Gasteiger charge is -2.11. The maximum atomic E-state index is 11.9. The minimum Gasteiger partial charge on any atom is -0.353 e. The Balaban J connectivity index is 0.00000208. The van der Waals surface area contributed by atoms with Gasteiger partial charge in [-0.05, 0) is 6.07 Å². The number of carbonyl (C=O) groups excluding carboxylic acids is 1. The first-order valence-electron chi connectivity index (χ1n) is 7.55. The molecule has 0 fully saturated rings. The van der Waals surface area contributed by atoms with E-state index < -0.39 is 0 Å². The third-order valence-electron chi connectivity index (χ3n) is 3.63. The van der Waals surface area contributed by atoms with Crippen LogP contribution in [0, 0.1) is 0 Å². The molecule has 0 spiro atoms. The molecule has 0 bridgehead atoms. The molecular weight excluding hydrogens is 328 g/mol. The number of hydrogen-bond donors (Lipinski definition) is 2. The van der Waals surface area contributed by atoms with Crippen LogP contribution in [-0.2, 0) is 11.3 Å². The summed E-state index contributed by atoms with van der Waals surface area (Å²) in [7, 11) is 0. The predicted octanol–water partition coefficient (Wildman–Crippen LogP) is 0.976. The van der Waals surface area contributed by atoms with Crippen LogP contribution in [0.25, 0.3) is 11.3 Å². The van der Waals surface area contributed by atoms with Crippen molar-refractivity contribution < 1.29 is 4.79 Å². The van der Waals surface area contributed by atoms with Gasteiger partial charge in [-0.25, -0.2) is 4.68 Å². The Morgan fingerprint density at radius 1 is 1.25 bits per heavy atom. The number of rotatable bonds is 5. The average molecular weight is 347 g/mol. The number of nitrogens with zero attached hydrogens (tertiary/aromatic N) is 2. The average Bonchev–Trinajstić information content (AvgIpc) is 3.12. The highest BCUT2D eigenvalue weighted by Crippen LogP contribution is 2.13. The SMILES string of the molecule is Cl.O=C(NCCn1nc(-c2ccccc2)ccc1=O)C1C=CCN1. The van der Waals surface area contributed by atoms with Crippen LogP contribution in [0.2, 0.25) is 0 Å². The number of aromatic nitrogens is 2. The third-order valence-corrected chi connectivity index (χ3v) is 3.63. The number of halogens is 1. The Labute approximate surface area is 146 Å². The molecular formula is C17H19ClN4O2. The van der Waals surface area contributed by atoms with Crippen molar-refractivity contribution in [1.29, 1.82) is 0 Å². The van der Waals surface area contributed by atoms with Crippen molar-refractivity contribution in [3.05, 3.63) is 65.0 Å². The highest BCUT2D eigenvalue weighted by Gasteiger charge is 2.16. The summed E-state index contributed by atoms with van der Waals surface area (Å²) >= 11 is 0. The Bertz CT molecular complexity index is 774. The lowest BCUT2D eigenvalue weighted by molar-refractivity contribution is -0.121. The summed E-state index contributed by atoms with van der Waals surface area (Å²) in [6.07, 6.45) is 3.75. The Hall–Kier alpha value is -2.44. The van der Waals surface area contributed by atoms with Gasteiger partial charge in [-0.3, -0.25) is 14.9 Å². The third kappa shape index (κ3) is 4.31. The van der Waals surface area contributed by atoms with E-state index in [9.17, 15) is 9.59 Å². The first-order chi connectivity index (χ1) is 11.2. The van der Waals surface area contributed by atoms with Crippen molar-refractivity contribution in [3.63, 3.8) is 0 Å². The van der Waals surface area contributed by atoms with Gasteiger partial charge in [0.1, 0.15) is 6.04 Å². The predicted molar refractivity (Wildman–Crippen MR) is 95.1 cm³/mol. The van der Waals surface area contributed by atoms with E-state index >= 15 is 0 Å². The lowest BCUT2D eigenvalue weighted by atomic mass is 10.1. The summed E-state index contributed by atoms with van der Waals surface area (Å²) in [5.74, 6) is -0.0917. The van der Waals surface area contributed by atoms with Crippen LogP contribution in [-0.4, -0.2) is 34.8 Å². The van der Waals surface area contributed by atoms with Gasteiger partial charge in [-0.1, -0.05) is 42.5 Å². The fourth-order valence-corrected chi connectivity index (χ4v) is 2.41. The molecule has 0 aliphatic carbocycles. The van der Waals surface area contributed by atoms with Gasteiger partial charge in [-0.15, -0.1) is 12.4 Å². The van der Waals surface area contributed by atoms with Gasteiger partial charge >= 0.3 is 0 Å². The van der Waals surface area contributed by atoms with Crippen LogP contribution in [0.3, 0.4) is 0 Å². The molecule has 2 N–H and O–H groups in total. The molecule has 1 atom stereocenters. The zero-order valence-electron chi connectivity index (χ0n) is 13.0. The highest BCUT2D eigenvalue weighted by atomic mass is 35.5.